The third-order valence-electron chi connectivity index (χ3n) is 4.17. The van der Waals surface area contributed by atoms with E-state index in [4.69, 9.17) is 4.74 Å². The molecule has 162 valence electrons. The maximum absolute atomic E-state index is 12.4. The van der Waals surface area contributed by atoms with Gasteiger partial charge in [0.15, 0.2) is 11.5 Å². The molecule has 0 saturated carbocycles. The number of halogens is 2. The highest BCUT2D eigenvalue weighted by Gasteiger charge is 2.13. The number of nitrogens with one attached hydrogen (secondary N) is 1. The molecule has 0 unspecified atom stereocenters. The number of methoxy groups -OCH3 is 2. The molecule has 30 heavy (non-hydrogen) atoms. The standard InChI is InChI=1S/C21H24F2N2O5/c1-25(12-15-6-9-17(30-21(22)23)18(10-15)28-2)13-19(26)24-11-14-4-7-16(8-5-14)20(27)29-3/h4-10,21H,11-13H2,1-3H3,(H,24,26). The molecule has 0 heterocycles. The first-order valence-electron chi connectivity index (χ1n) is 9.06. The van der Waals surface area contributed by atoms with Crippen molar-refractivity contribution in [3.63, 3.8) is 0 Å². The molecular weight excluding hydrogens is 398 g/mol. The molecule has 0 atom stereocenters. The van der Waals surface area contributed by atoms with E-state index < -0.39 is 12.6 Å². The predicted molar refractivity (Wildman–Crippen MR) is 106 cm³/mol. The number of carbonyl (C=O) groups is 2. The SMILES string of the molecule is COC(=O)c1ccc(CNC(=O)CN(C)Cc2ccc(OC(F)F)c(OC)c2)cc1. The number of alkyl halides is 2. The van der Waals surface area contributed by atoms with Crippen molar-refractivity contribution in [3.05, 3.63) is 59.2 Å². The van der Waals surface area contributed by atoms with Crippen LogP contribution in [-0.2, 0) is 22.6 Å². The summed E-state index contributed by atoms with van der Waals surface area (Å²) in [4.78, 5) is 25.4. The average molecular weight is 422 g/mol. The molecule has 0 spiro atoms. The Labute approximate surface area is 173 Å². The molecule has 2 aromatic rings. The first-order valence-corrected chi connectivity index (χ1v) is 9.06. The van der Waals surface area contributed by atoms with Crippen molar-refractivity contribution in [2.75, 3.05) is 27.8 Å². The Balaban J connectivity index is 1.85. The van der Waals surface area contributed by atoms with Crippen LogP contribution in [0.1, 0.15) is 21.5 Å². The van der Waals surface area contributed by atoms with Gasteiger partial charge < -0.3 is 19.5 Å². The maximum Gasteiger partial charge on any atom is 0.387 e. The lowest BCUT2D eigenvalue weighted by molar-refractivity contribution is -0.122. The Kier molecular flexibility index (Phi) is 8.54. The molecule has 2 rings (SSSR count). The van der Waals surface area contributed by atoms with Gasteiger partial charge in [-0.15, -0.1) is 0 Å². The van der Waals surface area contributed by atoms with Crippen LogP contribution in [0.3, 0.4) is 0 Å². The Hall–Kier alpha value is -3.20. The number of esters is 1. The quantitative estimate of drug-likeness (QED) is 0.594. The van der Waals surface area contributed by atoms with Crippen molar-refractivity contribution < 1.29 is 32.6 Å². The van der Waals surface area contributed by atoms with Crippen LogP contribution in [0.15, 0.2) is 42.5 Å². The Morgan fingerprint density at radius 3 is 2.30 bits per heavy atom. The van der Waals surface area contributed by atoms with Crippen LogP contribution in [0.5, 0.6) is 11.5 Å². The normalized spacial score (nSPS) is 10.8. The molecule has 0 bridgehead atoms. The van der Waals surface area contributed by atoms with Crippen LogP contribution >= 0.6 is 0 Å². The summed E-state index contributed by atoms with van der Waals surface area (Å²) < 4.78 is 38.9. The zero-order valence-electron chi connectivity index (χ0n) is 17.0. The van der Waals surface area contributed by atoms with Gasteiger partial charge in [-0.25, -0.2) is 4.79 Å². The van der Waals surface area contributed by atoms with Gasteiger partial charge in [-0.1, -0.05) is 18.2 Å². The van der Waals surface area contributed by atoms with Crippen LogP contribution in [0, 0.1) is 0 Å². The van der Waals surface area contributed by atoms with Crippen molar-refractivity contribution in [3.8, 4) is 11.5 Å². The van der Waals surface area contributed by atoms with Gasteiger partial charge in [0.25, 0.3) is 0 Å². The smallest absolute Gasteiger partial charge is 0.387 e. The molecule has 0 aromatic heterocycles. The third kappa shape index (κ3) is 7.00. The zero-order chi connectivity index (χ0) is 22.1. The van der Waals surface area contributed by atoms with Crippen LogP contribution in [0.2, 0.25) is 0 Å². The molecule has 2 aromatic carbocycles. The highest BCUT2D eigenvalue weighted by Crippen LogP contribution is 2.29. The number of rotatable bonds is 10. The van der Waals surface area contributed by atoms with Crippen LogP contribution in [0.25, 0.3) is 0 Å². The van der Waals surface area contributed by atoms with Gasteiger partial charge in [-0.3, -0.25) is 9.69 Å². The van der Waals surface area contributed by atoms with Gasteiger partial charge >= 0.3 is 12.6 Å². The lowest BCUT2D eigenvalue weighted by atomic mass is 10.1. The minimum absolute atomic E-state index is 0.0464. The first-order chi connectivity index (χ1) is 14.3. The number of amides is 1. The lowest BCUT2D eigenvalue weighted by Gasteiger charge is -2.18. The van der Waals surface area contributed by atoms with E-state index in [1.165, 1.54) is 20.3 Å². The van der Waals surface area contributed by atoms with E-state index in [0.29, 0.717) is 18.7 Å². The van der Waals surface area contributed by atoms with Crippen molar-refractivity contribution in [1.29, 1.82) is 0 Å². The Morgan fingerprint density at radius 1 is 1.03 bits per heavy atom. The largest absolute Gasteiger partial charge is 0.493 e. The first kappa shape index (κ1) is 23.1. The highest BCUT2D eigenvalue weighted by atomic mass is 19.3. The second-order valence-corrected chi connectivity index (χ2v) is 6.50. The van der Waals surface area contributed by atoms with Gasteiger partial charge in [0.2, 0.25) is 5.91 Å². The van der Waals surface area contributed by atoms with Crippen molar-refractivity contribution >= 4 is 11.9 Å². The van der Waals surface area contributed by atoms with Gasteiger partial charge in [0.05, 0.1) is 26.3 Å². The highest BCUT2D eigenvalue weighted by molar-refractivity contribution is 5.89. The fourth-order valence-electron chi connectivity index (χ4n) is 2.75. The predicted octanol–water partition coefficient (Wildman–Crippen LogP) is 2.83. The molecule has 0 fully saturated rings. The molecule has 0 aliphatic heterocycles. The molecule has 7 nitrogen and oxygen atoms in total. The summed E-state index contributed by atoms with van der Waals surface area (Å²) in [6.07, 6.45) is 0. The fourth-order valence-corrected chi connectivity index (χ4v) is 2.75. The number of carbonyl (C=O) groups excluding carboxylic acids is 2. The lowest BCUT2D eigenvalue weighted by Crippen LogP contribution is -2.34. The van der Waals surface area contributed by atoms with Crippen LogP contribution < -0.4 is 14.8 Å². The average Bonchev–Trinajstić information content (AvgIpc) is 2.72. The Morgan fingerprint density at radius 2 is 1.70 bits per heavy atom. The van der Waals surface area contributed by atoms with Crippen molar-refractivity contribution in [1.82, 2.24) is 10.2 Å². The number of nitrogens with zero attached hydrogens (tertiary/aromatic N) is 1. The Bertz CT molecular complexity index is 859. The van der Waals surface area contributed by atoms with Crippen LogP contribution in [0.4, 0.5) is 8.78 Å². The summed E-state index contributed by atoms with van der Waals surface area (Å²) >= 11 is 0. The molecule has 0 radical (unpaired) electrons. The van der Waals surface area contributed by atoms with Crippen LogP contribution in [-0.4, -0.2) is 51.2 Å². The van der Waals surface area contributed by atoms with E-state index in [9.17, 15) is 18.4 Å². The minimum Gasteiger partial charge on any atom is -0.493 e. The second-order valence-electron chi connectivity index (χ2n) is 6.50. The van der Waals surface area contributed by atoms with E-state index in [2.05, 4.69) is 14.8 Å². The number of benzene rings is 2. The van der Waals surface area contributed by atoms with E-state index in [0.717, 1.165) is 11.1 Å². The molecule has 1 N–H and O–H groups in total. The molecule has 0 saturated heterocycles. The number of hydrogen-bond donors (Lipinski definition) is 1. The van der Waals surface area contributed by atoms with Gasteiger partial charge in [-0.05, 0) is 42.4 Å². The zero-order valence-corrected chi connectivity index (χ0v) is 17.0. The summed E-state index contributed by atoms with van der Waals surface area (Å²) in [5.41, 5.74) is 2.06. The second kappa shape index (κ2) is 11.1. The molecule has 1 amide bonds. The van der Waals surface area contributed by atoms with E-state index >= 15 is 0 Å². The topological polar surface area (TPSA) is 77.1 Å². The van der Waals surface area contributed by atoms with E-state index in [-0.39, 0.29) is 24.0 Å². The number of likely N-dealkylation sites (N-methyl/N-ethyl adjacent to an activating group) is 1. The number of hydrogen-bond acceptors (Lipinski definition) is 6. The summed E-state index contributed by atoms with van der Waals surface area (Å²) in [5.74, 6) is -0.451. The molecule has 0 aliphatic carbocycles. The molecule has 0 aliphatic rings. The van der Waals surface area contributed by atoms with E-state index in [1.54, 1.807) is 48.3 Å². The molecule has 9 heteroatoms. The molecular formula is C21H24F2N2O5. The van der Waals surface area contributed by atoms with Crippen molar-refractivity contribution in [2.24, 2.45) is 0 Å². The van der Waals surface area contributed by atoms with Gasteiger partial charge in [0.1, 0.15) is 0 Å². The van der Waals surface area contributed by atoms with Crippen molar-refractivity contribution in [2.45, 2.75) is 19.7 Å². The van der Waals surface area contributed by atoms with Gasteiger partial charge in [-0.2, -0.15) is 8.78 Å². The fraction of sp³-hybridized carbons (Fsp3) is 0.333. The minimum atomic E-state index is -2.94. The summed E-state index contributed by atoms with van der Waals surface area (Å²) in [5, 5.41) is 2.81. The number of ether oxygens (including phenoxy) is 3. The van der Waals surface area contributed by atoms with Gasteiger partial charge in [0, 0.05) is 13.1 Å². The van der Waals surface area contributed by atoms with E-state index in [1.807, 2.05) is 0 Å². The summed E-state index contributed by atoms with van der Waals surface area (Å²) in [6.45, 7) is -2.07. The summed E-state index contributed by atoms with van der Waals surface area (Å²) in [7, 11) is 4.45. The maximum atomic E-state index is 12.4. The third-order valence-corrected chi connectivity index (χ3v) is 4.17. The summed E-state index contributed by atoms with van der Waals surface area (Å²) in [6, 6.07) is 11.4. The monoisotopic (exact) mass is 422 g/mol.